The molecule has 0 aromatic heterocycles. The lowest BCUT2D eigenvalue weighted by Gasteiger charge is -2.13. The van der Waals surface area contributed by atoms with Crippen LogP contribution in [0.25, 0.3) is 0 Å². The number of carbonyl (C=O) groups excluding carboxylic acids is 1. The maximum atomic E-state index is 11.1. The first kappa shape index (κ1) is 8.49. The second kappa shape index (κ2) is 3.69. The van der Waals surface area contributed by atoms with Gasteiger partial charge in [-0.05, 0) is 0 Å². The van der Waals surface area contributed by atoms with Crippen molar-refractivity contribution in [3.05, 3.63) is 0 Å². The molecule has 1 saturated heterocycles. The predicted molar refractivity (Wildman–Crippen MR) is 39.1 cm³/mol. The van der Waals surface area contributed by atoms with Crippen LogP contribution in [0.3, 0.4) is 0 Å². The number of amides is 1. The Morgan fingerprint density at radius 1 is 1.82 bits per heavy atom. The second-order valence-corrected chi connectivity index (χ2v) is 2.63. The van der Waals surface area contributed by atoms with Gasteiger partial charge in [-0.3, -0.25) is 4.79 Å². The molecule has 0 radical (unpaired) electrons. The van der Waals surface area contributed by atoms with Crippen molar-refractivity contribution in [2.75, 3.05) is 26.8 Å². The van der Waals surface area contributed by atoms with Crippen molar-refractivity contribution < 1.29 is 14.6 Å². The third kappa shape index (κ3) is 1.91. The fourth-order valence-electron chi connectivity index (χ4n) is 1.23. The van der Waals surface area contributed by atoms with Crippen LogP contribution < -0.4 is 0 Å². The second-order valence-electron chi connectivity index (χ2n) is 2.63. The van der Waals surface area contributed by atoms with Crippen molar-refractivity contribution >= 4 is 5.91 Å². The third-order valence-electron chi connectivity index (χ3n) is 1.88. The summed E-state index contributed by atoms with van der Waals surface area (Å²) in [6.45, 7) is 1.08. The Hall–Kier alpha value is -0.610. The standard InChI is InChI=1S/C7H13NO3/c1-11-6-4-7(10)8(5-6)2-3-9/h6,9H,2-5H2,1H3/t6-/m1/s1. The molecule has 0 aliphatic carbocycles. The van der Waals surface area contributed by atoms with Crippen LogP contribution in [0, 0.1) is 0 Å². The zero-order valence-electron chi connectivity index (χ0n) is 6.62. The Labute approximate surface area is 65.8 Å². The van der Waals surface area contributed by atoms with E-state index in [9.17, 15) is 4.79 Å². The number of hydrogen-bond donors (Lipinski definition) is 1. The summed E-state index contributed by atoms with van der Waals surface area (Å²) in [5.74, 6) is 0.0749. The van der Waals surface area contributed by atoms with E-state index in [0.29, 0.717) is 19.5 Å². The number of methoxy groups -OCH3 is 1. The summed E-state index contributed by atoms with van der Waals surface area (Å²) in [4.78, 5) is 12.7. The van der Waals surface area contributed by atoms with E-state index in [1.807, 2.05) is 0 Å². The van der Waals surface area contributed by atoms with Crippen molar-refractivity contribution in [3.8, 4) is 0 Å². The molecule has 11 heavy (non-hydrogen) atoms. The van der Waals surface area contributed by atoms with Crippen LogP contribution in [0.15, 0.2) is 0 Å². The largest absolute Gasteiger partial charge is 0.395 e. The Kier molecular flexibility index (Phi) is 2.84. The molecule has 1 aliphatic rings. The van der Waals surface area contributed by atoms with E-state index in [-0.39, 0.29) is 18.6 Å². The molecule has 0 aromatic carbocycles. The monoisotopic (exact) mass is 159 g/mol. The van der Waals surface area contributed by atoms with Crippen LogP contribution in [-0.4, -0.2) is 48.8 Å². The molecule has 4 nitrogen and oxygen atoms in total. The van der Waals surface area contributed by atoms with E-state index in [2.05, 4.69) is 0 Å². The summed E-state index contributed by atoms with van der Waals surface area (Å²) < 4.78 is 5.01. The summed E-state index contributed by atoms with van der Waals surface area (Å²) in [5, 5.41) is 8.57. The fourth-order valence-corrected chi connectivity index (χ4v) is 1.23. The molecular weight excluding hydrogens is 146 g/mol. The number of rotatable bonds is 3. The number of nitrogens with zero attached hydrogens (tertiary/aromatic N) is 1. The number of likely N-dealkylation sites (tertiary alicyclic amines) is 1. The zero-order valence-corrected chi connectivity index (χ0v) is 6.62. The van der Waals surface area contributed by atoms with E-state index < -0.39 is 0 Å². The molecule has 1 amide bonds. The van der Waals surface area contributed by atoms with Crippen molar-refractivity contribution in [2.45, 2.75) is 12.5 Å². The molecule has 1 atom stereocenters. The first-order chi connectivity index (χ1) is 5.27. The van der Waals surface area contributed by atoms with E-state index >= 15 is 0 Å². The molecule has 0 spiro atoms. The Morgan fingerprint density at radius 3 is 3.00 bits per heavy atom. The minimum atomic E-state index is 0.0223. The highest BCUT2D eigenvalue weighted by molar-refractivity contribution is 5.79. The summed E-state index contributed by atoms with van der Waals surface area (Å²) in [7, 11) is 1.60. The Balaban J connectivity index is 2.38. The molecule has 0 bridgehead atoms. The van der Waals surface area contributed by atoms with E-state index in [1.165, 1.54) is 0 Å². The molecule has 64 valence electrons. The van der Waals surface area contributed by atoms with Crippen LogP contribution in [0.5, 0.6) is 0 Å². The average molecular weight is 159 g/mol. The van der Waals surface area contributed by atoms with E-state index in [4.69, 9.17) is 9.84 Å². The van der Waals surface area contributed by atoms with Crippen molar-refractivity contribution in [1.29, 1.82) is 0 Å². The third-order valence-corrected chi connectivity index (χ3v) is 1.88. The van der Waals surface area contributed by atoms with Gasteiger partial charge in [0.05, 0.1) is 19.1 Å². The first-order valence-electron chi connectivity index (χ1n) is 3.69. The van der Waals surface area contributed by atoms with Gasteiger partial charge in [-0.1, -0.05) is 0 Å². The number of carbonyl (C=O) groups is 1. The smallest absolute Gasteiger partial charge is 0.225 e. The minimum absolute atomic E-state index is 0.0223. The number of β-amino-alcohol motifs (C(OH)–C–C–N with tert-alkyl or cyclic N) is 1. The average Bonchev–Trinajstić information content (AvgIpc) is 2.33. The molecule has 1 N–H and O–H groups in total. The van der Waals surface area contributed by atoms with Gasteiger partial charge in [-0.15, -0.1) is 0 Å². The highest BCUT2D eigenvalue weighted by Gasteiger charge is 2.28. The Bertz CT molecular complexity index is 149. The maximum absolute atomic E-state index is 11.1. The molecular formula is C7H13NO3. The summed E-state index contributed by atoms with van der Waals surface area (Å²) in [5.41, 5.74) is 0. The number of aliphatic hydroxyl groups is 1. The van der Waals surface area contributed by atoms with Crippen molar-refractivity contribution in [1.82, 2.24) is 4.90 Å². The number of ether oxygens (including phenoxy) is 1. The predicted octanol–water partition coefficient (Wildman–Crippen LogP) is -0.774. The summed E-state index contributed by atoms with van der Waals surface area (Å²) in [6, 6.07) is 0. The lowest BCUT2D eigenvalue weighted by Crippen LogP contribution is -2.29. The van der Waals surface area contributed by atoms with Crippen LogP contribution in [0.4, 0.5) is 0 Å². The highest BCUT2D eigenvalue weighted by atomic mass is 16.5. The van der Waals surface area contributed by atoms with E-state index in [0.717, 1.165) is 0 Å². The van der Waals surface area contributed by atoms with Gasteiger partial charge in [0, 0.05) is 20.2 Å². The van der Waals surface area contributed by atoms with Gasteiger partial charge < -0.3 is 14.7 Å². The van der Waals surface area contributed by atoms with Gasteiger partial charge in [-0.25, -0.2) is 0 Å². The number of hydrogen-bond acceptors (Lipinski definition) is 3. The normalized spacial score (nSPS) is 24.7. The topological polar surface area (TPSA) is 49.8 Å². The first-order valence-corrected chi connectivity index (χ1v) is 3.69. The van der Waals surface area contributed by atoms with Gasteiger partial charge in [0.15, 0.2) is 0 Å². The maximum Gasteiger partial charge on any atom is 0.225 e. The SMILES string of the molecule is CO[C@@H]1CC(=O)N(CCO)C1. The summed E-state index contributed by atoms with van der Waals surface area (Å²) >= 11 is 0. The van der Waals surface area contributed by atoms with Gasteiger partial charge in [0.2, 0.25) is 5.91 Å². The molecule has 1 rings (SSSR count). The molecule has 1 heterocycles. The van der Waals surface area contributed by atoms with Crippen LogP contribution in [-0.2, 0) is 9.53 Å². The molecule has 0 aromatic rings. The van der Waals surface area contributed by atoms with E-state index in [1.54, 1.807) is 12.0 Å². The molecule has 0 unspecified atom stereocenters. The molecule has 1 aliphatic heterocycles. The van der Waals surface area contributed by atoms with Crippen LogP contribution in [0.2, 0.25) is 0 Å². The summed E-state index contributed by atoms with van der Waals surface area (Å²) in [6.07, 6.45) is 0.477. The molecule has 4 heteroatoms. The quantitative estimate of drug-likeness (QED) is 0.588. The Morgan fingerprint density at radius 2 is 2.55 bits per heavy atom. The van der Waals surface area contributed by atoms with Gasteiger partial charge in [0.1, 0.15) is 0 Å². The van der Waals surface area contributed by atoms with Crippen molar-refractivity contribution in [3.63, 3.8) is 0 Å². The number of aliphatic hydroxyl groups excluding tert-OH is 1. The minimum Gasteiger partial charge on any atom is -0.395 e. The van der Waals surface area contributed by atoms with Gasteiger partial charge in [0.25, 0.3) is 0 Å². The fraction of sp³-hybridized carbons (Fsp3) is 0.857. The highest BCUT2D eigenvalue weighted by Crippen LogP contribution is 2.12. The molecule has 0 saturated carbocycles. The van der Waals surface area contributed by atoms with Crippen LogP contribution in [0.1, 0.15) is 6.42 Å². The zero-order chi connectivity index (χ0) is 8.27. The van der Waals surface area contributed by atoms with Gasteiger partial charge >= 0.3 is 0 Å². The van der Waals surface area contributed by atoms with Crippen molar-refractivity contribution in [2.24, 2.45) is 0 Å². The lowest BCUT2D eigenvalue weighted by molar-refractivity contribution is -0.128. The van der Waals surface area contributed by atoms with Gasteiger partial charge in [-0.2, -0.15) is 0 Å². The molecule has 1 fully saturated rings. The van der Waals surface area contributed by atoms with Crippen LogP contribution >= 0.6 is 0 Å². The lowest BCUT2D eigenvalue weighted by atomic mass is 10.3.